The molecular weight excluding hydrogens is 180 g/mol. The standard InChI is InChI=1S/C8H13ClO3/c1-6(4-3-5-9)8(11)12-7(2)10/h6H,3-5H2,1-2H3. The van der Waals surface area contributed by atoms with Crippen LogP contribution in [0.2, 0.25) is 0 Å². The third kappa shape index (κ3) is 5.13. The molecular formula is C8H13ClO3. The van der Waals surface area contributed by atoms with Gasteiger partial charge in [0.25, 0.3) is 0 Å². The molecule has 0 saturated heterocycles. The molecule has 4 heteroatoms. The maximum absolute atomic E-state index is 11.0. The summed E-state index contributed by atoms with van der Waals surface area (Å²) in [7, 11) is 0. The second-order valence-corrected chi connectivity index (χ2v) is 3.02. The van der Waals surface area contributed by atoms with E-state index in [0.29, 0.717) is 12.3 Å². The summed E-state index contributed by atoms with van der Waals surface area (Å²) in [6, 6.07) is 0. The van der Waals surface area contributed by atoms with Gasteiger partial charge in [0.2, 0.25) is 0 Å². The Balaban J connectivity index is 3.69. The van der Waals surface area contributed by atoms with E-state index in [9.17, 15) is 9.59 Å². The Bertz CT molecular complexity index is 168. The van der Waals surface area contributed by atoms with Crippen molar-refractivity contribution >= 4 is 23.5 Å². The van der Waals surface area contributed by atoms with E-state index in [0.717, 1.165) is 6.42 Å². The topological polar surface area (TPSA) is 43.4 Å². The van der Waals surface area contributed by atoms with Gasteiger partial charge in [-0.15, -0.1) is 11.6 Å². The summed E-state index contributed by atoms with van der Waals surface area (Å²) in [5.41, 5.74) is 0. The van der Waals surface area contributed by atoms with Crippen LogP contribution in [0.15, 0.2) is 0 Å². The SMILES string of the molecule is CC(=O)OC(=O)C(C)CCCCl. The number of rotatable bonds is 4. The number of carbonyl (C=O) groups is 2. The second-order valence-electron chi connectivity index (χ2n) is 2.64. The van der Waals surface area contributed by atoms with Gasteiger partial charge in [-0.3, -0.25) is 9.59 Å². The van der Waals surface area contributed by atoms with E-state index in [1.54, 1.807) is 6.92 Å². The monoisotopic (exact) mass is 192 g/mol. The molecule has 0 saturated carbocycles. The fraction of sp³-hybridized carbons (Fsp3) is 0.750. The molecule has 0 fully saturated rings. The van der Waals surface area contributed by atoms with Gasteiger partial charge in [-0.05, 0) is 12.8 Å². The molecule has 1 atom stereocenters. The molecule has 1 unspecified atom stereocenters. The van der Waals surface area contributed by atoms with Crippen LogP contribution < -0.4 is 0 Å². The first-order valence-electron chi connectivity index (χ1n) is 3.86. The molecule has 0 aromatic rings. The van der Waals surface area contributed by atoms with Gasteiger partial charge in [-0.2, -0.15) is 0 Å². The summed E-state index contributed by atoms with van der Waals surface area (Å²) >= 11 is 5.44. The molecule has 3 nitrogen and oxygen atoms in total. The lowest BCUT2D eigenvalue weighted by atomic mass is 10.1. The van der Waals surface area contributed by atoms with Gasteiger partial charge in [0.1, 0.15) is 0 Å². The maximum Gasteiger partial charge on any atom is 0.316 e. The van der Waals surface area contributed by atoms with Crippen molar-refractivity contribution in [3.63, 3.8) is 0 Å². The fourth-order valence-corrected chi connectivity index (χ4v) is 0.898. The average molecular weight is 193 g/mol. The van der Waals surface area contributed by atoms with Crippen LogP contribution in [-0.2, 0) is 14.3 Å². The van der Waals surface area contributed by atoms with Crippen LogP contribution in [0.4, 0.5) is 0 Å². The number of ether oxygens (including phenoxy) is 1. The normalized spacial score (nSPS) is 12.2. The first-order chi connectivity index (χ1) is 5.57. The predicted octanol–water partition coefficient (Wildman–Crippen LogP) is 1.73. The average Bonchev–Trinajstić information content (AvgIpc) is 1.98. The minimum absolute atomic E-state index is 0.243. The van der Waals surface area contributed by atoms with Gasteiger partial charge in [-0.25, -0.2) is 0 Å². The molecule has 12 heavy (non-hydrogen) atoms. The van der Waals surface area contributed by atoms with Gasteiger partial charge < -0.3 is 4.74 Å². The molecule has 0 aliphatic carbocycles. The first kappa shape index (κ1) is 11.4. The summed E-state index contributed by atoms with van der Waals surface area (Å²) in [4.78, 5) is 21.3. The van der Waals surface area contributed by atoms with E-state index >= 15 is 0 Å². The van der Waals surface area contributed by atoms with Gasteiger partial charge in [0, 0.05) is 12.8 Å². The Morgan fingerprint density at radius 2 is 2.08 bits per heavy atom. The van der Waals surface area contributed by atoms with E-state index in [1.807, 2.05) is 0 Å². The van der Waals surface area contributed by atoms with Crippen molar-refractivity contribution < 1.29 is 14.3 Å². The van der Waals surface area contributed by atoms with E-state index in [-0.39, 0.29) is 5.92 Å². The van der Waals surface area contributed by atoms with Crippen LogP contribution in [0.25, 0.3) is 0 Å². The largest absolute Gasteiger partial charge is 0.393 e. The number of alkyl halides is 1. The third-order valence-electron chi connectivity index (χ3n) is 1.42. The van der Waals surface area contributed by atoms with Crippen molar-refractivity contribution in [2.24, 2.45) is 5.92 Å². The lowest BCUT2D eigenvalue weighted by Gasteiger charge is -2.07. The Hall–Kier alpha value is -0.570. The van der Waals surface area contributed by atoms with E-state index < -0.39 is 11.9 Å². The molecule has 0 aromatic carbocycles. The van der Waals surface area contributed by atoms with E-state index in [1.165, 1.54) is 6.92 Å². The summed E-state index contributed by atoms with van der Waals surface area (Å²) in [6.45, 7) is 2.93. The molecule has 0 radical (unpaired) electrons. The number of esters is 2. The van der Waals surface area contributed by atoms with Crippen LogP contribution in [0.5, 0.6) is 0 Å². The number of carbonyl (C=O) groups excluding carboxylic acids is 2. The summed E-state index contributed by atoms with van der Waals surface area (Å²) in [5, 5.41) is 0. The Kier molecular flexibility index (Phi) is 5.72. The highest BCUT2D eigenvalue weighted by molar-refractivity contribution is 6.17. The van der Waals surface area contributed by atoms with Crippen molar-refractivity contribution in [1.29, 1.82) is 0 Å². The fourth-order valence-electron chi connectivity index (χ4n) is 0.743. The minimum Gasteiger partial charge on any atom is -0.393 e. The smallest absolute Gasteiger partial charge is 0.316 e. The number of hydrogen-bond acceptors (Lipinski definition) is 3. The minimum atomic E-state index is -0.558. The van der Waals surface area contributed by atoms with Crippen LogP contribution in [0, 0.1) is 5.92 Å². The highest BCUT2D eigenvalue weighted by atomic mass is 35.5. The summed E-state index contributed by atoms with van der Waals surface area (Å²) < 4.78 is 4.39. The lowest BCUT2D eigenvalue weighted by Crippen LogP contribution is -2.17. The van der Waals surface area contributed by atoms with Crippen LogP contribution >= 0.6 is 11.6 Å². The molecule has 0 heterocycles. The van der Waals surface area contributed by atoms with Crippen molar-refractivity contribution in [3.05, 3.63) is 0 Å². The Morgan fingerprint density at radius 1 is 1.50 bits per heavy atom. The van der Waals surface area contributed by atoms with Gasteiger partial charge in [-0.1, -0.05) is 6.92 Å². The zero-order chi connectivity index (χ0) is 9.56. The van der Waals surface area contributed by atoms with Crippen molar-refractivity contribution in [1.82, 2.24) is 0 Å². The van der Waals surface area contributed by atoms with E-state index in [4.69, 9.17) is 11.6 Å². The molecule has 0 rings (SSSR count). The zero-order valence-electron chi connectivity index (χ0n) is 7.30. The van der Waals surface area contributed by atoms with Gasteiger partial charge in [0.05, 0.1) is 5.92 Å². The zero-order valence-corrected chi connectivity index (χ0v) is 8.06. The first-order valence-corrected chi connectivity index (χ1v) is 4.39. The second kappa shape index (κ2) is 6.00. The molecule has 0 spiro atoms. The van der Waals surface area contributed by atoms with Crippen molar-refractivity contribution in [3.8, 4) is 0 Å². The molecule has 0 amide bonds. The molecule has 0 aliphatic rings. The third-order valence-corrected chi connectivity index (χ3v) is 1.68. The van der Waals surface area contributed by atoms with Gasteiger partial charge >= 0.3 is 11.9 Å². The molecule has 0 aromatic heterocycles. The maximum atomic E-state index is 11.0. The van der Waals surface area contributed by atoms with Gasteiger partial charge in [0.15, 0.2) is 0 Å². The highest BCUT2D eigenvalue weighted by Crippen LogP contribution is 2.08. The Labute approximate surface area is 77.0 Å². The van der Waals surface area contributed by atoms with Crippen molar-refractivity contribution in [2.75, 3.05) is 5.88 Å². The predicted molar refractivity (Wildman–Crippen MR) is 45.9 cm³/mol. The quantitative estimate of drug-likeness (QED) is 0.387. The highest BCUT2D eigenvalue weighted by Gasteiger charge is 2.15. The lowest BCUT2D eigenvalue weighted by molar-refractivity contribution is -0.160. The summed E-state index contributed by atoms with van der Waals surface area (Å²) in [5.74, 6) is -0.740. The Morgan fingerprint density at radius 3 is 2.50 bits per heavy atom. The van der Waals surface area contributed by atoms with E-state index in [2.05, 4.69) is 4.74 Å². The molecule has 0 N–H and O–H groups in total. The number of hydrogen-bond donors (Lipinski definition) is 0. The molecule has 70 valence electrons. The summed E-state index contributed by atoms with van der Waals surface area (Å²) in [6.07, 6.45) is 1.42. The van der Waals surface area contributed by atoms with Crippen LogP contribution in [-0.4, -0.2) is 17.8 Å². The van der Waals surface area contributed by atoms with Crippen molar-refractivity contribution in [2.45, 2.75) is 26.7 Å². The van der Waals surface area contributed by atoms with Crippen LogP contribution in [0.3, 0.4) is 0 Å². The van der Waals surface area contributed by atoms with Crippen LogP contribution in [0.1, 0.15) is 26.7 Å². The molecule has 0 aliphatic heterocycles. The molecule has 0 bridgehead atoms. The number of halogens is 1.